The lowest BCUT2D eigenvalue weighted by atomic mass is 10.1. The lowest BCUT2D eigenvalue weighted by molar-refractivity contribution is -0.131. The number of anilines is 1. The molecule has 0 aliphatic heterocycles. The Morgan fingerprint density at radius 3 is 2.28 bits per heavy atom. The molecule has 0 fully saturated rings. The van der Waals surface area contributed by atoms with Crippen LogP contribution in [0.1, 0.15) is 19.4 Å². The van der Waals surface area contributed by atoms with E-state index >= 15 is 0 Å². The van der Waals surface area contributed by atoms with E-state index in [-0.39, 0.29) is 0 Å². The Morgan fingerprint density at radius 2 is 1.78 bits per heavy atom. The average Bonchev–Trinajstić information content (AvgIpc) is 2.36. The second-order valence-electron chi connectivity index (χ2n) is 3.71. The minimum atomic E-state index is -1.15. The van der Waals surface area contributed by atoms with Crippen molar-refractivity contribution in [1.82, 2.24) is 0 Å². The number of carbonyl (C=O) groups is 2. The summed E-state index contributed by atoms with van der Waals surface area (Å²) in [6.45, 7) is 3.96. The predicted molar refractivity (Wildman–Crippen MR) is 71.2 cm³/mol. The molecule has 0 spiro atoms. The maximum atomic E-state index is 11.3. The first-order valence-corrected chi connectivity index (χ1v) is 5.48. The molecule has 0 aliphatic rings. The molecule has 0 saturated heterocycles. The Kier molecular flexibility index (Phi) is 4.87. The SMILES string of the molecule is CC=C(C)c1ccc(NC(=O)C=CC(=O)O)cc1. The highest BCUT2D eigenvalue weighted by Gasteiger charge is 1.99. The van der Waals surface area contributed by atoms with Crippen molar-refractivity contribution in [2.24, 2.45) is 0 Å². The number of hydrogen-bond donors (Lipinski definition) is 2. The van der Waals surface area contributed by atoms with Crippen molar-refractivity contribution in [1.29, 1.82) is 0 Å². The summed E-state index contributed by atoms with van der Waals surface area (Å²) in [6, 6.07) is 7.33. The fraction of sp³-hybridized carbons (Fsp3) is 0.143. The van der Waals surface area contributed by atoms with Gasteiger partial charge in [0.2, 0.25) is 5.91 Å². The van der Waals surface area contributed by atoms with Crippen LogP contribution in [-0.2, 0) is 9.59 Å². The molecule has 1 amide bonds. The Balaban J connectivity index is 2.70. The number of hydrogen-bond acceptors (Lipinski definition) is 2. The van der Waals surface area contributed by atoms with E-state index in [0.717, 1.165) is 23.3 Å². The van der Waals surface area contributed by atoms with Gasteiger partial charge in [-0.05, 0) is 37.1 Å². The van der Waals surface area contributed by atoms with Gasteiger partial charge < -0.3 is 10.4 Å². The van der Waals surface area contributed by atoms with Crippen molar-refractivity contribution < 1.29 is 14.7 Å². The lowest BCUT2D eigenvalue weighted by Gasteiger charge is -2.04. The highest BCUT2D eigenvalue weighted by molar-refractivity contribution is 6.02. The molecule has 4 nitrogen and oxygen atoms in total. The summed E-state index contributed by atoms with van der Waals surface area (Å²) in [5, 5.41) is 11.0. The van der Waals surface area contributed by atoms with E-state index in [2.05, 4.69) is 5.32 Å². The molecule has 2 N–H and O–H groups in total. The minimum absolute atomic E-state index is 0.465. The van der Waals surface area contributed by atoms with E-state index < -0.39 is 11.9 Å². The smallest absolute Gasteiger partial charge is 0.328 e. The maximum absolute atomic E-state index is 11.3. The molecule has 0 unspecified atom stereocenters. The van der Waals surface area contributed by atoms with Crippen molar-refractivity contribution in [2.45, 2.75) is 13.8 Å². The maximum Gasteiger partial charge on any atom is 0.328 e. The zero-order valence-corrected chi connectivity index (χ0v) is 10.3. The van der Waals surface area contributed by atoms with Gasteiger partial charge in [0, 0.05) is 17.8 Å². The number of carboxylic acid groups (broad SMARTS) is 1. The van der Waals surface area contributed by atoms with Gasteiger partial charge >= 0.3 is 5.97 Å². The topological polar surface area (TPSA) is 66.4 Å². The number of aliphatic carboxylic acids is 1. The summed E-state index contributed by atoms with van der Waals surface area (Å²) in [6.07, 6.45) is 3.78. The van der Waals surface area contributed by atoms with Crippen LogP contribution in [-0.4, -0.2) is 17.0 Å². The van der Waals surface area contributed by atoms with E-state index in [9.17, 15) is 9.59 Å². The molecular formula is C14H15NO3. The van der Waals surface area contributed by atoms with Gasteiger partial charge in [-0.3, -0.25) is 4.79 Å². The fourth-order valence-electron chi connectivity index (χ4n) is 1.31. The standard InChI is InChI=1S/C14H15NO3/c1-3-10(2)11-4-6-12(7-5-11)15-13(16)8-9-14(17)18/h3-9H,1-2H3,(H,15,16)(H,17,18). The van der Waals surface area contributed by atoms with Gasteiger partial charge in [0.1, 0.15) is 0 Å². The quantitative estimate of drug-likeness (QED) is 0.801. The molecule has 0 aromatic heterocycles. The molecule has 0 atom stereocenters. The van der Waals surface area contributed by atoms with Crippen molar-refractivity contribution in [2.75, 3.05) is 5.32 Å². The second-order valence-corrected chi connectivity index (χ2v) is 3.71. The largest absolute Gasteiger partial charge is 0.478 e. The van der Waals surface area contributed by atoms with Gasteiger partial charge in [0.15, 0.2) is 0 Å². The van der Waals surface area contributed by atoms with Crippen LogP contribution < -0.4 is 5.32 Å². The van der Waals surface area contributed by atoms with E-state index in [1.54, 1.807) is 12.1 Å². The van der Waals surface area contributed by atoms with Crippen LogP contribution in [0.4, 0.5) is 5.69 Å². The van der Waals surface area contributed by atoms with Gasteiger partial charge in [-0.2, -0.15) is 0 Å². The molecule has 1 aromatic rings. The van der Waals surface area contributed by atoms with E-state index in [0.29, 0.717) is 5.69 Å². The van der Waals surface area contributed by atoms with Crippen LogP contribution >= 0.6 is 0 Å². The van der Waals surface area contributed by atoms with Crippen molar-refractivity contribution >= 4 is 23.1 Å². The number of benzene rings is 1. The molecule has 0 saturated carbocycles. The van der Waals surface area contributed by atoms with E-state index in [4.69, 9.17) is 5.11 Å². The number of allylic oxidation sites excluding steroid dienone is 2. The van der Waals surface area contributed by atoms with E-state index in [1.165, 1.54) is 0 Å². The summed E-state index contributed by atoms with van der Waals surface area (Å²) in [4.78, 5) is 21.6. The number of carboxylic acids is 1. The normalized spacial score (nSPS) is 11.6. The van der Waals surface area contributed by atoms with E-state index in [1.807, 2.05) is 32.1 Å². The highest BCUT2D eigenvalue weighted by atomic mass is 16.4. The number of rotatable bonds is 4. The lowest BCUT2D eigenvalue weighted by Crippen LogP contribution is -2.08. The third kappa shape index (κ3) is 4.25. The Morgan fingerprint density at radius 1 is 1.17 bits per heavy atom. The molecule has 0 heterocycles. The molecule has 0 radical (unpaired) electrons. The van der Waals surface area contributed by atoms with Crippen LogP contribution in [0.5, 0.6) is 0 Å². The third-order valence-electron chi connectivity index (χ3n) is 2.42. The number of amides is 1. The molecule has 1 rings (SSSR count). The predicted octanol–water partition coefficient (Wildman–Crippen LogP) is 2.69. The van der Waals surface area contributed by atoms with Crippen LogP contribution in [0, 0.1) is 0 Å². The number of nitrogens with one attached hydrogen (secondary N) is 1. The first kappa shape index (κ1) is 13.7. The molecule has 94 valence electrons. The van der Waals surface area contributed by atoms with Gasteiger partial charge in [-0.15, -0.1) is 0 Å². The summed E-state index contributed by atoms with van der Waals surface area (Å²) in [5.74, 6) is -1.61. The minimum Gasteiger partial charge on any atom is -0.478 e. The monoisotopic (exact) mass is 245 g/mol. The van der Waals surface area contributed by atoms with Crippen molar-refractivity contribution in [3.8, 4) is 0 Å². The highest BCUT2D eigenvalue weighted by Crippen LogP contribution is 2.16. The zero-order valence-electron chi connectivity index (χ0n) is 10.3. The Bertz CT molecular complexity index is 498. The van der Waals surface area contributed by atoms with Gasteiger partial charge in [0.05, 0.1) is 0 Å². The van der Waals surface area contributed by atoms with Gasteiger partial charge in [-0.1, -0.05) is 18.2 Å². The Labute approximate surface area is 106 Å². The molecular weight excluding hydrogens is 230 g/mol. The van der Waals surface area contributed by atoms with Crippen LogP contribution in [0.3, 0.4) is 0 Å². The Hall–Kier alpha value is -2.36. The molecule has 1 aromatic carbocycles. The van der Waals surface area contributed by atoms with Crippen LogP contribution in [0.2, 0.25) is 0 Å². The number of carbonyl (C=O) groups excluding carboxylic acids is 1. The fourth-order valence-corrected chi connectivity index (χ4v) is 1.31. The molecule has 0 bridgehead atoms. The van der Waals surface area contributed by atoms with Crippen molar-refractivity contribution in [3.63, 3.8) is 0 Å². The van der Waals surface area contributed by atoms with Gasteiger partial charge in [-0.25, -0.2) is 4.79 Å². The third-order valence-corrected chi connectivity index (χ3v) is 2.42. The average molecular weight is 245 g/mol. The van der Waals surface area contributed by atoms with Gasteiger partial charge in [0.25, 0.3) is 0 Å². The summed E-state index contributed by atoms with van der Waals surface area (Å²) in [5.41, 5.74) is 2.86. The first-order valence-electron chi connectivity index (χ1n) is 5.48. The first-order chi connectivity index (χ1) is 8.52. The zero-order chi connectivity index (χ0) is 13.5. The molecule has 4 heteroatoms. The summed E-state index contributed by atoms with van der Waals surface area (Å²) < 4.78 is 0. The summed E-state index contributed by atoms with van der Waals surface area (Å²) in [7, 11) is 0. The second kappa shape index (κ2) is 6.39. The van der Waals surface area contributed by atoms with Crippen LogP contribution in [0.15, 0.2) is 42.5 Å². The van der Waals surface area contributed by atoms with Crippen LogP contribution in [0.25, 0.3) is 5.57 Å². The summed E-state index contributed by atoms with van der Waals surface area (Å²) >= 11 is 0. The molecule has 18 heavy (non-hydrogen) atoms. The van der Waals surface area contributed by atoms with Crippen molar-refractivity contribution in [3.05, 3.63) is 48.1 Å². The molecule has 0 aliphatic carbocycles.